The maximum atomic E-state index is 5.94. The van der Waals surface area contributed by atoms with E-state index in [0.717, 1.165) is 22.7 Å². The number of para-hydroxylation sites is 1. The molecule has 0 atom stereocenters. The van der Waals surface area contributed by atoms with Crippen LogP contribution < -0.4 is 20.5 Å². The van der Waals surface area contributed by atoms with Gasteiger partial charge in [0, 0.05) is 17.3 Å². The summed E-state index contributed by atoms with van der Waals surface area (Å²) in [5, 5.41) is 3.04. The van der Waals surface area contributed by atoms with Crippen molar-refractivity contribution in [3.63, 3.8) is 0 Å². The summed E-state index contributed by atoms with van der Waals surface area (Å²) >= 11 is 0. The first-order valence-corrected chi connectivity index (χ1v) is 7.25. The number of guanidine groups is 1. The van der Waals surface area contributed by atoms with Gasteiger partial charge >= 0.3 is 0 Å². The van der Waals surface area contributed by atoms with E-state index in [4.69, 9.17) is 15.2 Å². The van der Waals surface area contributed by atoms with Gasteiger partial charge in [-0.05, 0) is 18.2 Å². The molecule has 24 heavy (non-hydrogen) atoms. The highest BCUT2D eigenvalue weighted by molar-refractivity contribution is 14.0. The molecule has 0 aliphatic heterocycles. The van der Waals surface area contributed by atoms with Crippen molar-refractivity contribution in [2.75, 3.05) is 19.0 Å². The van der Waals surface area contributed by atoms with Crippen molar-refractivity contribution in [1.29, 1.82) is 0 Å². The predicted molar refractivity (Wildman–Crippen MR) is 109 cm³/mol. The van der Waals surface area contributed by atoms with Gasteiger partial charge in [0.15, 0.2) is 5.96 Å². The molecule has 0 fully saturated rings. The van der Waals surface area contributed by atoms with E-state index in [1.54, 1.807) is 13.2 Å². The first-order chi connectivity index (χ1) is 11.2. The molecule has 0 saturated carbocycles. The summed E-state index contributed by atoms with van der Waals surface area (Å²) < 4.78 is 10.8. The molecular formula is C18H22IN3O2. The van der Waals surface area contributed by atoms with E-state index in [0.29, 0.717) is 19.1 Å². The van der Waals surface area contributed by atoms with Crippen molar-refractivity contribution in [3.05, 3.63) is 66.7 Å². The fourth-order valence-corrected chi connectivity index (χ4v) is 1.98. The smallest absolute Gasteiger partial charge is 0.193 e. The van der Waals surface area contributed by atoms with Crippen molar-refractivity contribution < 1.29 is 9.47 Å². The second-order valence-corrected chi connectivity index (χ2v) is 4.77. The lowest BCUT2D eigenvalue weighted by Crippen LogP contribution is -2.22. The molecule has 0 bridgehead atoms. The van der Waals surface area contributed by atoms with Crippen LogP contribution in [0.2, 0.25) is 0 Å². The second kappa shape index (κ2) is 10.5. The summed E-state index contributed by atoms with van der Waals surface area (Å²) in [6.07, 6.45) is 1.71. The average molecular weight is 439 g/mol. The van der Waals surface area contributed by atoms with E-state index in [9.17, 15) is 0 Å². The van der Waals surface area contributed by atoms with Gasteiger partial charge in [-0.2, -0.15) is 0 Å². The molecule has 0 amide bonds. The van der Waals surface area contributed by atoms with Gasteiger partial charge < -0.3 is 20.5 Å². The average Bonchev–Trinajstić information content (AvgIpc) is 2.59. The Bertz CT molecular complexity index is 689. The topological polar surface area (TPSA) is 68.9 Å². The number of hydrogen-bond acceptors (Lipinski definition) is 3. The van der Waals surface area contributed by atoms with Crippen molar-refractivity contribution in [3.8, 4) is 11.5 Å². The highest BCUT2D eigenvalue weighted by Crippen LogP contribution is 2.19. The number of hydrogen-bond donors (Lipinski definition) is 2. The molecule has 0 unspecified atom stereocenters. The Hall–Kier alpha value is -2.22. The molecule has 2 aromatic rings. The van der Waals surface area contributed by atoms with Gasteiger partial charge in [0.05, 0.1) is 13.7 Å². The summed E-state index contributed by atoms with van der Waals surface area (Å²) in [6.45, 7) is 4.53. The van der Waals surface area contributed by atoms with E-state index in [1.807, 2.05) is 48.5 Å². The SMILES string of the molecule is C=CCOc1ccccc1CN=C(N)Nc1cccc(OC)c1.I. The molecule has 2 aromatic carbocycles. The molecule has 2 rings (SSSR count). The van der Waals surface area contributed by atoms with Crippen molar-refractivity contribution in [1.82, 2.24) is 0 Å². The number of benzene rings is 2. The minimum atomic E-state index is 0. The first kappa shape index (κ1) is 19.8. The molecule has 0 heterocycles. The zero-order valence-corrected chi connectivity index (χ0v) is 15.9. The summed E-state index contributed by atoms with van der Waals surface area (Å²) in [5.41, 5.74) is 7.72. The highest BCUT2D eigenvalue weighted by atomic mass is 127. The van der Waals surface area contributed by atoms with Crippen molar-refractivity contribution >= 4 is 35.6 Å². The van der Waals surface area contributed by atoms with Crippen LogP contribution in [0, 0.1) is 0 Å². The Labute approximate surface area is 159 Å². The highest BCUT2D eigenvalue weighted by Gasteiger charge is 2.02. The Balaban J connectivity index is 0.00000288. The molecule has 128 valence electrons. The fourth-order valence-electron chi connectivity index (χ4n) is 1.98. The Kier molecular flexibility index (Phi) is 8.70. The number of ether oxygens (including phenoxy) is 2. The number of anilines is 1. The third kappa shape index (κ3) is 6.11. The first-order valence-electron chi connectivity index (χ1n) is 7.25. The predicted octanol–water partition coefficient (Wildman–Crippen LogP) is 3.80. The lowest BCUT2D eigenvalue weighted by Gasteiger charge is -2.10. The van der Waals surface area contributed by atoms with Gasteiger partial charge in [-0.25, -0.2) is 4.99 Å². The number of methoxy groups -OCH3 is 1. The van der Waals surface area contributed by atoms with E-state index in [2.05, 4.69) is 16.9 Å². The number of nitrogens with zero attached hydrogens (tertiary/aromatic N) is 1. The number of aliphatic imine (C=N–C) groups is 1. The van der Waals surface area contributed by atoms with Gasteiger partial charge in [-0.3, -0.25) is 0 Å². The lowest BCUT2D eigenvalue weighted by atomic mass is 10.2. The summed E-state index contributed by atoms with van der Waals surface area (Å²) in [6, 6.07) is 15.2. The quantitative estimate of drug-likeness (QED) is 0.298. The van der Waals surface area contributed by atoms with Crippen LogP contribution in [0.1, 0.15) is 5.56 Å². The van der Waals surface area contributed by atoms with Gasteiger partial charge in [0.1, 0.15) is 18.1 Å². The van der Waals surface area contributed by atoms with Crippen LogP contribution in [0.25, 0.3) is 0 Å². The Morgan fingerprint density at radius 2 is 2.04 bits per heavy atom. The van der Waals surface area contributed by atoms with E-state index in [1.165, 1.54) is 0 Å². The lowest BCUT2D eigenvalue weighted by molar-refractivity contribution is 0.359. The second-order valence-electron chi connectivity index (χ2n) is 4.77. The molecule has 0 aromatic heterocycles. The summed E-state index contributed by atoms with van der Waals surface area (Å²) in [7, 11) is 1.62. The standard InChI is InChI=1S/C18H21N3O2.HI/c1-3-11-23-17-10-5-4-7-14(17)13-20-18(19)21-15-8-6-9-16(12-15)22-2;/h3-10,12H,1,11,13H2,2H3,(H3,19,20,21);1H. The van der Waals surface area contributed by atoms with Crippen LogP contribution >= 0.6 is 24.0 Å². The van der Waals surface area contributed by atoms with Crippen molar-refractivity contribution in [2.24, 2.45) is 10.7 Å². The summed E-state index contributed by atoms with van der Waals surface area (Å²) in [4.78, 5) is 4.35. The molecule has 5 nitrogen and oxygen atoms in total. The van der Waals surface area contributed by atoms with Crippen LogP contribution in [0.5, 0.6) is 11.5 Å². The normalized spacial score (nSPS) is 10.5. The number of nitrogens with two attached hydrogens (primary N) is 1. The molecule has 0 aliphatic carbocycles. The number of rotatable bonds is 7. The summed E-state index contributed by atoms with van der Waals surface area (Å²) in [5.74, 6) is 1.87. The van der Waals surface area contributed by atoms with Crippen LogP contribution in [0.3, 0.4) is 0 Å². The largest absolute Gasteiger partial charge is 0.497 e. The minimum Gasteiger partial charge on any atom is -0.497 e. The monoisotopic (exact) mass is 439 g/mol. The third-order valence-electron chi connectivity index (χ3n) is 3.09. The molecule has 3 N–H and O–H groups in total. The zero-order chi connectivity index (χ0) is 16.5. The maximum absolute atomic E-state index is 5.94. The fraction of sp³-hybridized carbons (Fsp3) is 0.167. The van der Waals surface area contributed by atoms with Gasteiger partial charge in [0.2, 0.25) is 0 Å². The van der Waals surface area contributed by atoms with Crippen molar-refractivity contribution in [2.45, 2.75) is 6.54 Å². The van der Waals surface area contributed by atoms with Gasteiger partial charge in [-0.1, -0.05) is 36.9 Å². The molecular weight excluding hydrogens is 417 g/mol. The molecule has 0 aliphatic rings. The van der Waals surface area contributed by atoms with Gasteiger partial charge in [0.25, 0.3) is 0 Å². The Morgan fingerprint density at radius 3 is 2.79 bits per heavy atom. The van der Waals surface area contributed by atoms with E-state index >= 15 is 0 Å². The molecule has 0 saturated heterocycles. The molecule has 6 heteroatoms. The van der Waals surface area contributed by atoms with Gasteiger partial charge in [-0.15, -0.1) is 24.0 Å². The third-order valence-corrected chi connectivity index (χ3v) is 3.09. The van der Waals surface area contributed by atoms with Crippen LogP contribution in [0.4, 0.5) is 5.69 Å². The van der Waals surface area contributed by atoms with Crippen LogP contribution in [-0.4, -0.2) is 19.7 Å². The molecule has 0 spiro atoms. The zero-order valence-electron chi connectivity index (χ0n) is 13.6. The van der Waals surface area contributed by atoms with E-state index < -0.39 is 0 Å². The van der Waals surface area contributed by atoms with Crippen LogP contribution in [-0.2, 0) is 6.54 Å². The van der Waals surface area contributed by atoms with E-state index in [-0.39, 0.29) is 24.0 Å². The molecule has 0 radical (unpaired) electrons. The van der Waals surface area contributed by atoms with Crippen LogP contribution in [0.15, 0.2) is 66.2 Å². The number of nitrogens with one attached hydrogen (secondary N) is 1. The maximum Gasteiger partial charge on any atom is 0.193 e. The Morgan fingerprint density at radius 1 is 1.25 bits per heavy atom. The minimum absolute atomic E-state index is 0. The number of halogens is 1.